The van der Waals surface area contributed by atoms with Crippen molar-refractivity contribution in [3.63, 3.8) is 0 Å². The highest BCUT2D eigenvalue weighted by molar-refractivity contribution is 7.94. The SMILES string of the molecule is [CH2]C1=CCS(=O)(=O)C=C1. The molecule has 0 saturated carbocycles. The van der Waals surface area contributed by atoms with Gasteiger partial charge in [0.05, 0.1) is 5.75 Å². The molecule has 1 rings (SSSR count). The Bertz CT molecular complexity index is 257. The monoisotopic (exact) mass is 143 g/mol. The molecule has 0 spiro atoms. The Morgan fingerprint density at radius 1 is 1.56 bits per heavy atom. The first-order valence-electron chi connectivity index (χ1n) is 2.53. The summed E-state index contributed by atoms with van der Waals surface area (Å²) in [5.41, 5.74) is 0.768. The topological polar surface area (TPSA) is 34.1 Å². The lowest BCUT2D eigenvalue weighted by Gasteiger charge is -1.99. The molecule has 0 atom stereocenters. The lowest BCUT2D eigenvalue weighted by Crippen LogP contribution is -2.02. The standard InChI is InChI=1S/C6H7O2S/c1-6-2-4-9(7,8)5-3-6/h2-4H,1,5H2. The lowest BCUT2D eigenvalue weighted by molar-refractivity contribution is 0.607. The van der Waals surface area contributed by atoms with Crippen LogP contribution in [0.15, 0.2) is 23.1 Å². The van der Waals surface area contributed by atoms with Crippen molar-refractivity contribution in [1.82, 2.24) is 0 Å². The number of allylic oxidation sites excluding steroid dienone is 2. The number of rotatable bonds is 0. The molecule has 0 amide bonds. The highest BCUT2D eigenvalue weighted by Crippen LogP contribution is 2.06. The predicted octanol–water partition coefficient (Wildman–Crippen LogP) is 0.689. The molecule has 1 aliphatic rings. The van der Waals surface area contributed by atoms with E-state index in [0.717, 1.165) is 5.57 Å². The summed E-state index contributed by atoms with van der Waals surface area (Å²) in [5.74, 6) is 0.0995. The molecule has 0 aromatic carbocycles. The van der Waals surface area contributed by atoms with Gasteiger partial charge in [-0.05, 0) is 18.6 Å². The van der Waals surface area contributed by atoms with E-state index >= 15 is 0 Å². The average molecular weight is 143 g/mol. The first-order chi connectivity index (χ1) is 4.10. The predicted molar refractivity (Wildman–Crippen MR) is 36.4 cm³/mol. The molecule has 0 aliphatic carbocycles. The van der Waals surface area contributed by atoms with Crippen molar-refractivity contribution in [2.45, 2.75) is 0 Å². The molecule has 0 fully saturated rings. The van der Waals surface area contributed by atoms with Gasteiger partial charge in [-0.25, -0.2) is 8.42 Å². The third-order valence-electron chi connectivity index (χ3n) is 1.07. The van der Waals surface area contributed by atoms with E-state index in [1.54, 1.807) is 6.08 Å². The second kappa shape index (κ2) is 1.99. The van der Waals surface area contributed by atoms with Gasteiger partial charge in [-0.3, -0.25) is 0 Å². The van der Waals surface area contributed by atoms with E-state index in [-0.39, 0.29) is 5.75 Å². The molecule has 0 saturated heterocycles. The summed E-state index contributed by atoms with van der Waals surface area (Å²) >= 11 is 0. The van der Waals surface area contributed by atoms with Gasteiger partial charge in [-0.1, -0.05) is 6.08 Å². The van der Waals surface area contributed by atoms with E-state index in [1.165, 1.54) is 11.5 Å². The van der Waals surface area contributed by atoms with E-state index in [9.17, 15) is 8.42 Å². The highest BCUT2D eigenvalue weighted by atomic mass is 32.2. The van der Waals surface area contributed by atoms with Crippen LogP contribution < -0.4 is 0 Å². The van der Waals surface area contributed by atoms with Crippen LogP contribution in [0, 0.1) is 6.92 Å². The van der Waals surface area contributed by atoms with Crippen LogP contribution in [-0.2, 0) is 9.84 Å². The number of hydrogen-bond donors (Lipinski definition) is 0. The van der Waals surface area contributed by atoms with Crippen LogP contribution in [-0.4, -0.2) is 14.2 Å². The molecule has 0 N–H and O–H groups in total. The van der Waals surface area contributed by atoms with Crippen LogP contribution in [0.2, 0.25) is 0 Å². The van der Waals surface area contributed by atoms with E-state index in [1.807, 2.05) is 0 Å². The first-order valence-corrected chi connectivity index (χ1v) is 4.25. The van der Waals surface area contributed by atoms with Crippen molar-refractivity contribution in [2.75, 3.05) is 5.75 Å². The van der Waals surface area contributed by atoms with Crippen molar-refractivity contribution in [2.24, 2.45) is 0 Å². The molecule has 0 aromatic heterocycles. The fourth-order valence-corrected chi connectivity index (χ4v) is 1.48. The molecule has 0 unspecified atom stereocenters. The zero-order valence-electron chi connectivity index (χ0n) is 4.87. The molecule has 3 heteroatoms. The van der Waals surface area contributed by atoms with Crippen LogP contribution in [0.5, 0.6) is 0 Å². The lowest BCUT2D eigenvalue weighted by atomic mass is 10.3. The third-order valence-corrected chi connectivity index (χ3v) is 2.25. The smallest absolute Gasteiger partial charge is 0.175 e. The molecular weight excluding hydrogens is 136 g/mol. The zero-order valence-corrected chi connectivity index (χ0v) is 5.69. The van der Waals surface area contributed by atoms with Crippen LogP contribution >= 0.6 is 0 Å². The average Bonchev–Trinajstić information content (AvgIpc) is 1.78. The van der Waals surface area contributed by atoms with Gasteiger partial charge in [-0.2, -0.15) is 0 Å². The van der Waals surface area contributed by atoms with Gasteiger partial charge in [-0.15, -0.1) is 0 Å². The summed E-state index contributed by atoms with van der Waals surface area (Å²) in [6.45, 7) is 3.57. The van der Waals surface area contributed by atoms with E-state index in [2.05, 4.69) is 6.92 Å². The van der Waals surface area contributed by atoms with Crippen LogP contribution in [0.4, 0.5) is 0 Å². The van der Waals surface area contributed by atoms with E-state index in [4.69, 9.17) is 0 Å². The number of hydrogen-bond acceptors (Lipinski definition) is 2. The highest BCUT2D eigenvalue weighted by Gasteiger charge is 2.06. The van der Waals surface area contributed by atoms with Crippen LogP contribution in [0.1, 0.15) is 0 Å². The Kier molecular flexibility index (Phi) is 1.45. The van der Waals surface area contributed by atoms with Crippen LogP contribution in [0.25, 0.3) is 0 Å². The minimum Gasteiger partial charge on any atom is -0.224 e. The molecule has 2 nitrogen and oxygen atoms in total. The fourth-order valence-electron chi connectivity index (χ4n) is 0.538. The summed E-state index contributed by atoms with van der Waals surface area (Å²) in [7, 11) is -2.91. The normalized spacial score (nSPS) is 23.4. The Labute approximate surface area is 54.8 Å². The Hall–Kier alpha value is -0.570. The molecule has 0 bridgehead atoms. The van der Waals surface area contributed by atoms with Gasteiger partial charge in [0.15, 0.2) is 9.84 Å². The Balaban J connectivity index is 2.95. The minimum atomic E-state index is -2.91. The molecular formula is C6H7O2S. The summed E-state index contributed by atoms with van der Waals surface area (Å²) in [4.78, 5) is 0. The van der Waals surface area contributed by atoms with Crippen molar-refractivity contribution < 1.29 is 8.42 Å². The van der Waals surface area contributed by atoms with Crippen LogP contribution in [0.3, 0.4) is 0 Å². The maximum absolute atomic E-state index is 10.6. The largest absolute Gasteiger partial charge is 0.224 e. The van der Waals surface area contributed by atoms with Gasteiger partial charge in [0.1, 0.15) is 0 Å². The molecule has 0 aromatic rings. The van der Waals surface area contributed by atoms with Crippen molar-refractivity contribution >= 4 is 9.84 Å². The van der Waals surface area contributed by atoms with Gasteiger partial charge in [0.2, 0.25) is 0 Å². The molecule has 1 heterocycles. The van der Waals surface area contributed by atoms with Crippen molar-refractivity contribution in [3.8, 4) is 0 Å². The summed E-state index contributed by atoms with van der Waals surface area (Å²) in [6.07, 6.45) is 3.09. The van der Waals surface area contributed by atoms with Gasteiger partial charge in [0.25, 0.3) is 0 Å². The molecule has 9 heavy (non-hydrogen) atoms. The molecule has 49 valence electrons. The second-order valence-corrected chi connectivity index (χ2v) is 3.84. The Morgan fingerprint density at radius 3 is 2.56 bits per heavy atom. The Morgan fingerprint density at radius 2 is 2.22 bits per heavy atom. The number of sulfone groups is 1. The van der Waals surface area contributed by atoms with Gasteiger partial charge >= 0.3 is 0 Å². The molecule has 1 aliphatic heterocycles. The van der Waals surface area contributed by atoms with Gasteiger partial charge < -0.3 is 0 Å². The summed E-state index contributed by atoms with van der Waals surface area (Å²) in [6, 6.07) is 0. The van der Waals surface area contributed by atoms with Crippen molar-refractivity contribution in [3.05, 3.63) is 30.1 Å². The zero-order chi connectivity index (χ0) is 6.91. The third kappa shape index (κ3) is 1.68. The minimum absolute atomic E-state index is 0.0995. The fraction of sp³-hybridized carbons (Fsp3) is 0.167. The molecule has 1 radical (unpaired) electrons. The quantitative estimate of drug-likeness (QED) is 0.500. The van der Waals surface area contributed by atoms with Gasteiger partial charge in [0, 0.05) is 5.41 Å². The van der Waals surface area contributed by atoms with E-state index in [0.29, 0.717) is 0 Å². The summed E-state index contributed by atoms with van der Waals surface area (Å²) in [5, 5.41) is 1.19. The summed E-state index contributed by atoms with van der Waals surface area (Å²) < 4.78 is 21.3. The van der Waals surface area contributed by atoms with Crippen molar-refractivity contribution in [1.29, 1.82) is 0 Å². The maximum Gasteiger partial charge on any atom is 0.175 e. The first kappa shape index (κ1) is 6.55. The maximum atomic E-state index is 10.6. The van der Waals surface area contributed by atoms with E-state index < -0.39 is 9.84 Å². The second-order valence-electron chi connectivity index (χ2n) is 1.91.